The molecule has 0 fully saturated rings. The first-order valence-electron chi connectivity index (χ1n) is 5.44. The Bertz CT molecular complexity index is 319. The van der Waals surface area contributed by atoms with Gasteiger partial charge in [0.2, 0.25) is 0 Å². The van der Waals surface area contributed by atoms with Crippen LogP contribution in [0.1, 0.15) is 50.7 Å². The molecule has 0 saturated carbocycles. The van der Waals surface area contributed by atoms with Gasteiger partial charge in [0.15, 0.2) is 0 Å². The van der Waals surface area contributed by atoms with E-state index in [1.54, 1.807) is 7.11 Å². The van der Waals surface area contributed by atoms with Crippen LogP contribution in [0.2, 0.25) is 0 Å². The van der Waals surface area contributed by atoms with E-state index in [1.165, 1.54) is 11.1 Å². The van der Waals surface area contributed by atoms with Gasteiger partial charge in [-0.05, 0) is 35.1 Å². The standard InChI is InChI=1S/C13H21NO.ClH/c1-8(2)11-6-10(14)7-12(9(3)4)13(11)15-5;/h6-9H,14H2,1-5H3;1H. The van der Waals surface area contributed by atoms with Gasteiger partial charge in [0, 0.05) is 5.69 Å². The number of halogens is 1. The molecule has 0 spiro atoms. The van der Waals surface area contributed by atoms with E-state index in [4.69, 9.17) is 10.5 Å². The lowest BCUT2D eigenvalue weighted by Gasteiger charge is -2.19. The maximum Gasteiger partial charge on any atom is 0.125 e. The molecule has 3 heteroatoms. The fourth-order valence-corrected chi connectivity index (χ4v) is 1.79. The van der Waals surface area contributed by atoms with E-state index in [-0.39, 0.29) is 12.4 Å². The summed E-state index contributed by atoms with van der Waals surface area (Å²) in [4.78, 5) is 0. The molecule has 2 N–H and O–H groups in total. The summed E-state index contributed by atoms with van der Waals surface area (Å²) in [5, 5.41) is 0. The number of hydrogen-bond acceptors (Lipinski definition) is 2. The highest BCUT2D eigenvalue weighted by Crippen LogP contribution is 2.36. The summed E-state index contributed by atoms with van der Waals surface area (Å²) >= 11 is 0. The highest BCUT2D eigenvalue weighted by molar-refractivity contribution is 5.85. The Morgan fingerprint density at radius 2 is 1.38 bits per heavy atom. The number of benzene rings is 1. The maximum absolute atomic E-state index is 5.90. The molecular formula is C13H22ClNO. The number of hydrogen-bond donors (Lipinski definition) is 1. The maximum atomic E-state index is 5.90. The lowest BCUT2D eigenvalue weighted by Crippen LogP contribution is -2.02. The zero-order valence-corrected chi connectivity index (χ0v) is 11.5. The number of anilines is 1. The Morgan fingerprint density at radius 3 is 1.62 bits per heavy atom. The van der Waals surface area contributed by atoms with Crippen molar-refractivity contribution in [3.8, 4) is 5.75 Å². The molecule has 92 valence electrons. The first kappa shape index (κ1) is 15.1. The van der Waals surface area contributed by atoms with Crippen molar-refractivity contribution in [3.63, 3.8) is 0 Å². The topological polar surface area (TPSA) is 35.2 Å². The number of nitrogens with two attached hydrogens (primary N) is 1. The van der Waals surface area contributed by atoms with Crippen molar-refractivity contribution in [2.75, 3.05) is 12.8 Å². The van der Waals surface area contributed by atoms with Gasteiger partial charge in [-0.3, -0.25) is 0 Å². The van der Waals surface area contributed by atoms with Crippen LogP contribution in [0.4, 0.5) is 5.69 Å². The normalized spacial score (nSPS) is 10.4. The van der Waals surface area contributed by atoms with Crippen LogP contribution in [0.25, 0.3) is 0 Å². The van der Waals surface area contributed by atoms with Crippen molar-refractivity contribution < 1.29 is 4.74 Å². The SMILES string of the molecule is COc1c(C(C)C)cc(N)cc1C(C)C.Cl. The summed E-state index contributed by atoms with van der Waals surface area (Å²) in [5.41, 5.74) is 9.12. The summed E-state index contributed by atoms with van der Waals surface area (Å²) in [6, 6.07) is 4.02. The first-order chi connectivity index (χ1) is 6.97. The minimum atomic E-state index is 0. The van der Waals surface area contributed by atoms with Gasteiger partial charge < -0.3 is 10.5 Å². The molecule has 0 heterocycles. The summed E-state index contributed by atoms with van der Waals surface area (Å²) in [5.74, 6) is 1.86. The Balaban J connectivity index is 0.00000225. The van der Waals surface area contributed by atoms with E-state index in [0.29, 0.717) is 11.8 Å². The predicted molar refractivity (Wildman–Crippen MR) is 72.8 cm³/mol. The van der Waals surface area contributed by atoms with Crippen LogP contribution >= 0.6 is 12.4 Å². The molecule has 0 aromatic heterocycles. The van der Waals surface area contributed by atoms with Crippen LogP contribution in [0, 0.1) is 0 Å². The highest BCUT2D eigenvalue weighted by atomic mass is 35.5. The van der Waals surface area contributed by atoms with E-state index >= 15 is 0 Å². The molecule has 0 aliphatic rings. The van der Waals surface area contributed by atoms with Crippen LogP contribution < -0.4 is 10.5 Å². The molecule has 0 saturated heterocycles. The van der Waals surface area contributed by atoms with Gasteiger partial charge in [0.25, 0.3) is 0 Å². The van der Waals surface area contributed by atoms with Gasteiger partial charge in [-0.1, -0.05) is 27.7 Å². The molecular weight excluding hydrogens is 222 g/mol. The van der Waals surface area contributed by atoms with E-state index in [1.807, 2.05) is 12.1 Å². The largest absolute Gasteiger partial charge is 0.496 e. The molecule has 0 amide bonds. The van der Waals surface area contributed by atoms with Crippen LogP contribution in [-0.4, -0.2) is 7.11 Å². The zero-order valence-electron chi connectivity index (χ0n) is 10.7. The molecule has 0 unspecified atom stereocenters. The summed E-state index contributed by atoms with van der Waals surface area (Å²) in [7, 11) is 1.73. The second-order valence-corrected chi connectivity index (χ2v) is 4.54. The molecule has 0 aliphatic carbocycles. The average Bonchev–Trinajstić information content (AvgIpc) is 2.16. The van der Waals surface area contributed by atoms with Gasteiger partial charge in [-0.2, -0.15) is 0 Å². The van der Waals surface area contributed by atoms with E-state index < -0.39 is 0 Å². The third-order valence-electron chi connectivity index (χ3n) is 2.62. The number of nitrogen functional groups attached to an aromatic ring is 1. The van der Waals surface area contributed by atoms with Crippen molar-refractivity contribution in [2.45, 2.75) is 39.5 Å². The monoisotopic (exact) mass is 243 g/mol. The first-order valence-corrected chi connectivity index (χ1v) is 5.44. The Morgan fingerprint density at radius 1 is 1.00 bits per heavy atom. The van der Waals surface area contributed by atoms with E-state index in [2.05, 4.69) is 27.7 Å². The molecule has 1 aromatic carbocycles. The fourth-order valence-electron chi connectivity index (χ4n) is 1.79. The highest BCUT2D eigenvalue weighted by Gasteiger charge is 2.15. The van der Waals surface area contributed by atoms with Gasteiger partial charge in [0.1, 0.15) is 5.75 Å². The van der Waals surface area contributed by atoms with Gasteiger partial charge in [0.05, 0.1) is 7.11 Å². The number of rotatable bonds is 3. The average molecular weight is 244 g/mol. The molecule has 0 aliphatic heterocycles. The van der Waals surface area contributed by atoms with Crippen LogP contribution in [0.5, 0.6) is 5.75 Å². The molecule has 2 nitrogen and oxygen atoms in total. The molecule has 16 heavy (non-hydrogen) atoms. The number of ether oxygens (including phenoxy) is 1. The fraction of sp³-hybridized carbons (Fsp3) is 0.538. The van der Waals surface area contributed by atoms with Gasteiger partial charge in [-0.15, -0.1) is 12.4 Å². The Hall–Kier alpha value is -0.890. The molecule has 0 atom stereocenters. The molecule has 0 bridgehead atoms. The second-order valence-electron chi connectivity index (χ2n) is 4.54. The van der Waals surface area contributed by atoms with Crippen molar-refractivity contribution in [1.29, 1.82) is 0 Å². The predicted octanol–water partition coefficient (Wildman–Crippen LogP) is 3.95. The molecule has 0 radical (unpaired) electrons. The van der Waals surface area contributed by atoms with Crippen molar-refractivity contribution in [1.82, 2.24) is 0 Å². The van der Waals surface area contributed by atoms with E-state index in [9.17, 15) is 0 Å². The Labute approximate surface area is 105 Å². The molecule has 1 rings (SSSR count). The summed E-state index contributed by atoms with van der Waals surface area (Å²) < 4.78 is 5.50. The minimum absolute atomic E-state index is 0. The van der Waals surface area contributed by atoms with Crippen LogP contribution in [0.3, 0.4) is 0 Å². The Kier molecular flexibility index (Phi) is 5.66. The lowest BCUT2D eigenvalue weighted by atomic mass is 9.93. The van der Waals surface area contributed by atoms with E-state index in [0.717, 1.165) is 11.4 Å². The van der Waals surface area contributed by atoms with Gasteiger partial charge in [-0.25, -0.2) is 0 Å². The van der Waals surface area contributed by atoms with Crippen molar-refractivity contribution in [2.24, 2.45) is 0 Å². The smallest absolute Gasteiger partial charge is 0.125 e. The quantitative estimate of drug-likeness (QED) is 0.816. The zero-order chi connectivity index (χ0) is 11.6. The third-order valence-corrected chi connectivity index (χ3v) is 2.62. The van der Waals surface area contributed by atoms with Crippen LogP contribution in [0.15, 0.2) is 12.1 Å². The minimum Gasteiger partial charge on any atom is -0.496 e. The number of methoxy groups -OCH3 is 1. The lowest BCUT2D eigenvalue weighted by molar-refractivity contribution is 0.400. The van der Waals surface area contributed by atoms with Gasteiger partial charge >= 0.3 is 0 Å². The second kappa shape index (κ2) is 6.00. The van der Waals surface area contributed by atoms with Crippen molar-refractivity contribution in [3.05, 3.63) is 23.3 Å². The third kappa shape index (κ3) is 3.05. The van der Waals surface area contributed by atoms with Crippen molar-refractivity contribution >= 4 is 18.1 Å². The van der Waals surface area contributed by atoms with Crippen LogP contribution in [-0.2, 0) is 0 Å². The summed E-state index contributed by atoms with van der Waals surface area (Å²) in [6.45, 7) is 8.62. The molecule has 1 aromatic rings. The summed E-state index contributed by atoms with van der Waals surface area (Å²) in [6.07, 6.45) is 0.